The minimum Gasteiger partial charge on any atom is -0.504 e. The highest BCUT2D eigenvalue weighted by Crippen LogP contribution is 2.26. The first-order chi connectivity index (χ1) is 12.0. The maximum atomic E-state index is 12.8. The molecule has 6 nitrogen and oxygen atoms in total. The van der Waals surface area contributed by atoms with Crippen LogP contribution in [-0.2, 0) is 9.59 Å². The van der Waals surface area contributed by atoms with Gasteiger partial charge in [0.05, 0.1) is 13.7 Å². The molecule has 3 N–H and O–H groups in total. The van der Waals surface area contributed by atoms with Crippen LogP contribution in [0.2, 0.25) is 0 Å². The second kappa shape index (κ2) is 8.49. The van der Waals surface area contributed by atoms with Gasteiger partial charge in [0.1, 0.15) is 5.82 Å². The fourth-order valence-corrected chi connectivity index (χ4v) is 1.93. The Morgan fingerprint density at radius 3 is 2.60 bits per heavy atom. The van der Waals surface area contributed by atoms with Crippen molar-refractivity contribution in [3.8, 4) is 11.5 Å². The summed E-state index contributed by atoms with van der Waals surface area (Å²) in [6.07, 6.45) is 2.78. The molecule has 0 aliphatic heterocycles. The number of rotatable bonds is 6. The molecule has 0 aromatic heterocycles. The number of carbonyl (C=O) groups excluding carboxylic acids is 2. The Bertz CT molecular complexity index is 788. The van der Waals surface area contributed by atoms with E-state index < -0.39 is 17.6 Å². The number of hydrogen-bond donors (Lipinski definition) is 3. The van der Waals surface area contributed by atoms with Gasteiger partial charge in [0, 0.05) is 11.8 Å². The molecule has 130 valence electrons. The number of ether oxygens (including phenoxy) is 1. The predicted octanol–water partition coefficient (Wildman–Crippen LogP) is 2.31. The average molecular weight is 344 g/mol. The topological polar surface area (TPSA) is 87.7 Å². The van der Waals surface area contributed by atoms with Crippen LogP contribution in [0.4, 0.5) is 10.1 Å². The van der Waals surface area contributed by atoms with Crippen LogP contribution >= 0.6 is 0 Å². The monoisotopic (exact) mass is 344 g/mol. The minimum absolute atomic E-state index is 0.00145. The highest BCUT2D eigenvalue weighted by Gasteiger charge is 2.05. The summed E-state index contributed by atoms with van der Waals surface area (Å²) in [6, 6.07) is 9.93. The average Bonchev–Trinajstić information content (AvgIpc) is 2.61. The van der Waals surface area contributed by atoms with Gasteiger partial charge in [-0.2, -0.15) is 0 Å². The Kier molecular flexibility index (Phi) is 6.11. The molecule has 0 aliphatic carbocycles. The summed E-state index contributed by atoms with van der Waals surface area (Å²) < 4.78 is 17.7. The van der Waals surface area contributed by atoms with Crippen molar-refractivity contribution in [2.75, 3.05) is 19.0 Å². The summed E-state index contributed by atoms with van der Waals surface area (Å²) in [5, 5.41) is 14.5. The minimum atomic E-state index is -0.457. The molecule has 0 saturated heterocycles. The summed E-state index contributed by atoms with van der Waals surface area (Å²) in [5.41, 5.74) is 1.09. The molecule has 0 saturated carbocycles. The van der Waals surface area contributed by atoms with E-state index in [4.69, 9.17) is 4.74 Å². The van der Waals surface area contributed by atoms with E-state index in [1.807, 2.05) is 0 Å². The van der Waals surface area contributed by atoms with Crippen molar-refractivity contribution >= 4 is 23.6 Å². The molecule has 2 rings (SSSR count). The van der Waals surface area contributed by atoms with E-state index in [9.17, 15) is 19.1 Å². The van der Waals surface area contributed by atoms with Crippen molar-refractivity contribution < 1.29 is 23.8 Å². The van der Waals surface area contributed by atoms with E-state index in [2.05, 4.69) is 10.6 Å². The molecule has 0 unspecified atom stereocenters. The number of nitrogens with one attached hydrogen (secondary N) is 2. The molecule has 2 amide bonds. The number of anilines is 1. The Hall–Kier alpha value is -3.35. The van der Waals surface area contributed by atoms with Crippen LogP contribution in [0.25, 0.3) is 6.08 Å². The van der Waals surface area contributed by atoms with Crippen molar-refractivity contribution in [2.45, 2.75) is 0 Å². The lowest BCUT2D eigenvalue weighted by Gasteiger charge is -2.06. The number of benzene rings is 2. The predicted molar refractivity (Wildman–Crippen MR) is 91.7 cm³/mol. The van der Waals surface area contributed by atoms with Gasteiger partial charge in [-0.05, 0) is 48.0 Å². The highest BCUT2D eigenvalue weighted by atomic mass is 19.1. The van der Waals surface area contributed by atoms with Gasteiger partial charge >= 0.3 is 0 Å². The zero-order chi connectivity index (χ0) is 18.2. The van der Waals surface area contributed by atoms with Gasteiger partial charge < -0.3 is 20.5 Å². The van der Waals surface area contributed by atoms with Crippen LogP contribution < -0.4 is 15.4 Å². The molecule has 7 heteroatoms. The smallest absolute Gasteiger partial charge is 0.244 e. The molecule has 0 radical (unpaired) electrons. The van der Waals surface area contributed by atoms with Gasteiger partial charge in [-0.15, -0.1) is 0 Å². The Balaban J connectivity index is 1.83. The largest absolute Gasteiger partial charge is 0.504 e. The number of phenols is 1. The third-order valence-corrected chi connectivity index (χ3v) is 3.18. The fraction of sp³-hybridized carbons (Fsp3) is 0.111. The summed E-state index contributed by atoms with van der Waals surface area (Å²) in [6.45, 7) is -0.223. The lowest BCUT2D eigenvalue weighted by molar-refractivity contribution is -0.121. The van der Waals surface area contributed by atoms with E-state index in [0.717, 1.165) is 0 Å². The number of phenolic OH excluding ortho intramolecular Hbond substituents is 1. The number of aromatic hydroxyl groups is 1. The number of methoxy groups -OCH3 is 1. The Morgan fingerprint density at radius 2 is 1.92 bits per heavy atom. The summed E-state index contributed by atoms with van der Waals surface area (Å²) in [4.78, 5) is 23.4. The van der Waals surface area contributed by atoms with Gasteiger partial charge in [0.25, 0.3) is 0 Å². The van der Waals surface area contributed by atoms with Crippen molar-refractivity contribution in [2.24, 2.45) is 0 Å². The van der Waals surface area contributed by atoms with Crippen LogP contribution in [0.5, 0.6) is 11.5 Å². The first-order valence-corrected chi connectivity index (χ1v) is 7.36. The summed E-state index contributed by atoms with van der Waals surface area (Å²) in [7, 11) is 1.43. The molecule has 0 bridgehead atoms. The first kappa shape index (κ1) is 18.0. The Labute approximate surface area is 143 Å². The van der Waals surface area contributed by atoms with Crippen molar-refractivity contribution in [1.29, 1.82) is 0 Å². The lowest BCUT2D eigenvalue weighted by atomic mass is 10.2. The van der Waals surface area contributed by atoms with E-state index >= 15 is 0 Å². The van der Waals surface area contributed by atoms with Crippen molar-refractivity contribution in [3.63, 3.8) is 0 Å². The Morgan fingerprint density at radius 1 is 1.20 bits per heavy atom. The van der Waals surface area contributed by atoms with E-state index in [1.54, 1.807) is 12.1 Å². The maximum Gasteiger partial charge on any atom is 0.244 e. The second-order valence-corrected chi connectivity index (χ2v) is 5.04. The SMILES string of the molecule is COc1cc(/C=C/C(=O)NCC(=O)Nc2ccc(F)cc2)ccc1O. The normalized spacial score (nSPS) is 10.5. The zero-order valence-corrected chi connectivity index (χ0v) is 13.5. The third-order valence-electron chi connectivity index (χ3n) is 3.18. The van der Waals surface area contributed by atoms with Crippen LogP contribution in [0.15, 0.2) is 48.5 Å². The molecule has 0 aliphatic rings. The molecular weight excluding hydrogens is 327 g/mol. The number of hydrogen-bond acceptors (Lipinski definition) is 4. The van der Waals surface area contributed by atoms with Gasteiger partial charge in [-0.1, -0.05) is 6.07 Å². The fourth-order valence-electron chi connectivity index (χ4n) is 1.93. The summed E-state index contributed by atoms with van der Waals surface area (Å²) in [5.74, 6) is -0.994. The van der Waals surface area contributed by atoms with Gasteiger partial charge in [-0.25, -0.2) is 4.39 Å². The molecule has 0 spiro atoms. The van der Waals surface area contributed by atoms with Gasteiger partial charge in [-0.3, -0.25) is 9.59 Å². The molecule has 2 aromatic carbocycles. The number of amides is 2. The van der Waals surface area contributed by atoms with E-state index in [0.29, 0.717) is 17.0 Å². The third kappa shape index (κ3) is 5.65. The lowest BCUT2D eigenvalue weighted by Crippen LogP contribution is -2.31. The van der Waals surface area contributed by atoms with Crippen LogP contribution in [0.1, 0.15) is 5.56 Å². The van der Waals surface area contributed by atoms with Crippen LogP contribution in [0, 0.1) is 5.82 Å². The highest BCUT2D eigenvalue weighted by molar-refractivity contribution is 5.98. The van der Waals surface area contributed by atoms with Crippen molar-refractivity contribution in [3.05, 3.63) is 59.9 Å². The van der Waals surface area contributed by atoms with E-state index in [-0.39, 0.29) is 12.3 Å². The molecule has 0 fully saturated rings. The molecule has 0 heterocycles. The van der Waals surface area contributed by atoms with Crippen LogP contribution in [-0.4, -0.2) is 30.6 Å². The van der Waals surface area contributed by atoms with Gasteiger partial charge in [0.15, 0.2) is 11.5 Å². The number of carbonyl (C=O) groups is 2. The number of halogens is 1. The second-order valence-electron chi connectivity index (χ2n) is 5.04. The van der Waals surface area contributed by atoms with Gasteiger partial charge in [0.2, 0.25) is 11.8 Å². The molecule has 0 atom stereocenters. The molecular formula is C18H17FN2O4. The molecule has 2 aromatic rings. The maximum absolute atomic E-state index is 12.8. The standard InChI is InChI=1S/C18H17FN2O4/c1-25-16-10-12(2-8-15(16)22)3-9-17(23)20-11-18(24)21-14-6-4-13(19)5-7-14/h2-10,22H,11H2,1H3,(H,20,23)(H,21,24)/b9-3+. The van der Waals surface area contributed by atoms with Crippen LogP contribution in [0.3, 0.4) is 0 Å². The first-order valence-electron chi connectivity index (χ1n) is 7.36. The summed E-state index contributed by atoms with van der Waals surface area (Å²) >= 11 is 0. The zero-order valence-electron chi connectivity index (χ0n) is 13.5. The van der Waals surface area contributed by atoms with Crippen molar-refractivity contribution in [1.82, 2.24) is 5.32 Å². The van der Waals surface area contributed by atoms with E-state index in [1.165, 1.54) is 49.6 Å². The molecule has 25 heavy (non-hydrogen) atoms. The quantitative estimate of drug-likeness (QED) is 0.702.